The molecule has 7 heteroatoms. The first-order chi connectivity index (χ1) is 13.1. The molecule has 3 rings (SSSR count). The molecule has 140 valence electrons. The van der Waals surface area contributed by atoms with E-state index in [1.165, 1.54) is 11.8 Å². The van der Waals surface area contributed by atoms with Gasteiger partial charge < -0.3 is 4.90 Å². The van der Waals surface area contributed by atoms with Crippen molar-refractivity contribution in [3.05, 3.63) is 65.2 Å². The van der Waals surface area contributed by atoms with Crippen LogP contribution in [0, 0.1) is 0 Å². The van der Waals surface area contributed by atoms with E-state index in [0.717, 1.165) is 11.1 Å². The fourth-order valence-electron chi connectivity index (χ4n) is 2.65. The van der Waals surface area contributed by atoms with E-state index in [9.17, 15) is 4.79 Å². The van der Waals surface area contributed by atoms with Gasteiger partial charge in [0.1, 0.15) is 0 Å². The molecule has 0 radical (unpaired) electrons. The third kappa shape index (κ3) is 5.11. The van der Waals surface area contributed by atoms with Crippen molar-refractivity contribution < 1.29 is 4.79 Å². The topological polar surface area (TPSA) is 61.9 Å². The summed E-state index contributed by atoms with van der Waals surface area (Å²) in [6.45, 7) is 5.14. The summed E-state index contributed by atoms with van der Waals surface area (Å²) in [6, 6.07) is 17.4. The van der Waals surface area contributed by atoms with E-state index < -0.39 is 0 Å². The van der Waals surface area contributed by atoms with Gasteiger partial charge in [-0.2, -0.15) is 0 Å². The van der Waals surface area contributed by atoms with Crippen LogP contribution in [-0.4, -0.2) is 37.8 Å². The second-order valence-corrected chi connectivity index (χ2v) is 7.82. The molecule has 1 heterocycles. The molecule has 3 aromatic rings. The Kier molecular flexibility index (Phi) is 6.53. The van der Waals surface area contributed by atoms with Crippen molar-refractivity contribution in [2.75, 3.05) is 6.54 Å². The molecule has 2 aromatic carbocycles. The molecule has 0 aliphatic rings. The number of amides is 1. The largest absolute Gasteiger partial charge is 0.338 e. The minimum absolute atomic E-state index is 0.0733. The zero-order chi connectivity index (χ0) is 19.2. The summed E-state index contributed by atoms with van der Waals surface area (Å²) in [6.07, 6.45) is 0. The summed E-state index contributed by atoms with van der Waals surface area (Å²) in [4.78, 5) is 19.2. The van der Waals surface area contributed by atoms with Crippen LogP contribution < -0.4 is 0 Å². The highest BCUT2D eigenvalue weighted by Crippen LogP contribution is 2.25. The average Bonchev–Trinajstić information content (AvgIpc) is 3.15. The van der Waals surface area contributed by atoms with Gasteiger partial charge in [-0.25, -0.2) is 4.98 Å². The summed E-state index contributed by atoms with van der Waals surface area (Å²) in [5.41, 5.74) is 2.02. The number of nitrogens with one attached hydrogen (secondary N) is 1. The highest BCUT2D eigenvalue weighted by atomic mass is 35.5. The molecule has 5 nitrogen and oxygen atoms in total. The van der Waals surface area contributed by atoms with Gasteiger partial charge in [-0.05, 0) is 43.7 Å². The second kappa shape index (κ2) is 9.06. The summed E-state index contributed by atoms with van der Waals surface area (Å²) in [7, 11) is 0. The minimum Gasteiger partial charge on any atom is -0.338 e. The summed E-state index contributed by atoms with van der Waals surface area (Å²) < 4.78 is 0. The maximum Gasteiger partial charge on any atom is 0.236 e. The van der Waals surface area contributed by atoms with Gasteiger partial charge in [0.25, 0.3) is 0 Å². The number of thioether (sulfide) groups is 1. The number of rotatable bonds is 7. The monoisotopic (exact) mass is 400 g/mol. The Morgan fingerprint density at radius 1 is 1.19 bits per heavy atom. The van der Waals surface area contributed by atoms with Gasteiger partial charge >= 0.3 is 0 Å². The first kappa shape index (κ1) is 19.5. The molecular formula is C20H21ClN4OS. The lowest BCUT2D eigenvalue weighted by Gasteiger charge is -2.23. The van der Waals surface area contributed by atoms with E-state index in [0.29, 0.717) is 29.1 Å². The standard InChI is InChI=1S/C20H21ClN4OS/c1-3-25(13-15-7-5-4-6-8-15)19(26)14(2)27-20-22-18(23-24-20)16-9-11-17(21)12-10-16/h4-12,14H,3,13H2,1-2H3,(H,22,23,24). The van der Waals surface area contributed by atoms with Crippen molar-refractivity contribution in [1.29, 1.82) is 0 Å². The molecular weight excluding hydrogens is 380 g/mol. The van der Waals surface area contributed by atoms with Crippen LogP contribution in [0.4, 0.5) is 0 Å². The van der Waals surface area contributed by atoms with Crippen LogP contribution in [0.2, 0.25) is 5.02 Å². The van der Waals surface area contributed by atoms with Crippen LogP contribution in [-0.2, 0) is 11.3 Å². The number of carbonyl (C=O) groups is 1. The Labute approximate surface area is 168 Å². The minimum atomic E-state index is -0.275. The maximum atomic E-state index is 12.8. The van der Waals surface area contributed by atoms with E-state index in [-0.39, 0.29) is 11.2 Å². The number of carbonyl (C=O) groups excluding carboxylic acids is 1. The molecule has 0 fully saturated rings. The predicted molar refractivity (Wildman–Crippen MR) is 110 cm³/mol. The van der Waals surface area contributed by atoms with Gasteiger partial charge in [0, 0.05) is 23.7 Å². The van der Waals surface area contributed by atoms with Gasteiger partial charge in [0.05, 0.1) is 5.25 Å². The molecule has 0 bridgehead atoms. The predicted octanol–water partition coefficient (Wildman–Crippen LogP) is 4.65. The van der Waals surface area contributed by atoms with Gasteiger partial charge in [0.2, 0.25) is 11.1 Å². The SMILES string of the molecule is CCN(Cc1ccccc1)C(=O)C(C)Sc1n[nH]c(-c2ccc(Cl)cc2)n1. The quantitative estimate of drug-likeness (QED) is 0.586. The van der Waals surface area contributed by atoms with Crippen LogP contribution in [0.15, 0.2) is 59.8 Å². The third-order valence-corrected chi connectivity index (χ3v) is 5.32. The van der Waals surface area contributed by atoms with Crippen molar-refractivity contribution in [2.45, 2.75) is 30.8 Å². The first-order valence-electron chi connectivity index (χ1n) is 8.74. The smallest absolute Gasteiger partial charge is 0.236 e. The first-order valence-corrected chi connectivity index (χ1v) is 10.00. The Balaban J connectivity index is 1.64. The van der Waals surface area contributed by atoms with Gasteiger partial charge in [-0.3, -0.25) is 9.89 Å². The molecule has 0 spiro atoms. The van der Waals surface area contributed by atoms with Crippen LogP contribution in [0.25, 0.3) is 11.4 Å². The zero-order valence-electron chi connectivity index (χ0n) is 15.2. The number of aromatic amines is 1. The molecule has 0 aliphatic heterocycles. The van der Waals surface area contributed by atoms with Gasteiger partial charge in [0.15, 0.2) is 5.82 Å². The molecule has 0 saturated heterocycles. The van der Waals surface area contributed by atoms with Crippen LogP contribution in [0.3, 0.4) is 0 Å². The Morgan fingerprint density at radius 3 is 2.56 bits per heavy atom. The molecule has 1 amide bonds. The molecule has 0 aliphatic carbocycles. The Morgan fingerprint density at radius 2 is 1.89 bits per heavy atom. The Bertz CT molecular complexity index is 883. The lowest BCUT2D eigenvalue weighted by atomic mass is 10.2. The average molecular weight is 401 g/mol. The highest BCUT2D eigenvalue weighted by molar-refractivity contribution is 8.00. The van der Waals surface area contributed by atoms with Crippen molar-refractivity contribution in [2.24, 2.45) is 0 Å². The zero-order valence-corrected chi connectivity index (χ0v) is 16.8. The fourth-order valence-corrected chi connectivity index (χ4v) is 3.59. The number of hydrogen-bond acceptors (Lipinski definition) is 4. The van der Waals surface area contributed by atoms with Crippen molar-refractivity contribution >= 4 is 29.3 Å². The molecule has 1 N–H and O–H groups in total. The maximum absolute atomic E-state index is 12.8. The lowest BCUT2D eigenvalue weighted by molar-refractivity contribution is -0.130. The van der Waals surface area contributed by atoms with Crippen LogP contribution in [0.1, 0.15) is 19.4 Å². The van der Waals surface area contributed by atoms with Gasteiger partial charge in [-0.1, -0.05) is 53.7 Å². The van der Waals surface area contributed by atoms with E-state index in [1.54, 1.807) is 12.1 Å². The fraction of sp³-hybridized carbons (Fsp3) is 0.250. The van der Waals surface area contributed by atoms with Crippen LogP contribution >= 0.6 is 23.4 Å². The molecule has 27 heavy (non-hydrogen) atoms. The number of hydrogen-bond donors (Lipinski definition) is 1. The van der Waals surface area contributed by atoms with E-state index >= 15 is 0 Å². The molecule has 1 unspecified atom stereocenters. The van der Waals surface area contributed by atoms with Gasteiger partial charge in [-0.15, -0.1) is 5.10 Å². The Hall–Kier alpha value is -2.31. The summed E-state index contributed by atoms with van der Waals surface area (Å²) in [5.74, 6) is 0.731. The summed E-state index contributed by atoms with van der Waals surface area (Å²) in [5, 5.41) is 8.10. The molecule has 1 atom stereocenters. The van der Waals surface area contributed by atoms with E-state index in [2.05, 4.69) is 15.2 Å². The summed E-state index contributed by atoms with van der Waals surface area (Å²) >= 11 is 7.27. The van der Waals surface area contributed by atoms with E-state index in [1.807, 2.05) is 61.2 Å². The number of H-pyrrole nitrogens is 1. The third-order valence-electron chi connectivity index (χ3n) is 4.12. The lowest BCUT2D eigenvalue weighted by Crippen LogP contribution is -2.36. The number of nitrogens with zero attached hydrogens (tertiary/aromatic N) is 3. The number of halogens is 1. The molecule has 1 aromatic heterocycles. The number of benzene rings is 2. The second-order valence-electron chi connectivity index (χ2n) is 6.07. The van der Waals surface area contributed by atoms with Crippen molar-refractivity contribution in [3.8, 4) is 11.4 Å². The van der Waals surface area contributed by atoms with Crippen molar-refractivity contribution in [3.63, 3.8) is 0 Å². The normalized spacial score (nSPS) is 12.0. The number of aromatic nitrogens is 3. The van der Waals surface area contributed by atoms with Crippen molar-refractivity contribution in [1.82, 2.24) is 20.1 Å². The highest BCUT2D eigenvalue weighted by Gasteiger charge is 2.22. The molecule has 0 saturated carbocycles. The van der Waals surface area contributed by atoms with Crippen LogP contribution in [0.5, 0.6) is 0 Å². The van der Waals surface area contributed by atoms with E-state index in [4.69, 9.17) is 11.6 Å².